The predicted molar refractivity (Wildman–Crippen MR) is 149 cm³/mol. The van der Waals surface area contributed by atoms with Crippen molar-refractivity contribution in [1.82, 2.24) is 10.2 Å². The molecule has 0 radical (unpaired) electrons. The van der Waals surface area contributed by atoms with E-state index in [2.05, 4.69) is 5.32 Å². The van der Waals surface area contributed by atoms with Crippen LogP contribution >= 0.6 is 23.2 Å². The van der Waals surface area contributed by atoms with E-state index in [4.69, 9.17) is 32.7 Å². The van der Waals surface area contributed by atoms with Crippen LogP contribution in [0.25, 0.3) is 0 Å². The largest absolute Gasteiger partial charge is 0.486 e. The van der Waals surface area contributed by atoms with Gasteiger partial charge in [0.1, 0.15) is 31.6 Å². The smallest absolute Gasteiger partial charge is 0.264 e. The zero-order valence-corrected chi connectivity index (χ0v) is 23.9. The lowest BCUT2D eigenvalue weighted by atomic mass is 10.1. The lowest BCUT2D eigenvalue weighted by Crippen LogP contribution is -2.50. The Labute approximate surface area is 241 Å². The summed E-state index contributed by atoms with van der Waals surface area (Å²) in [4.78, 5) is 27.4. The first-order valence-corrected chi connectivity index (χ1v) is 14.3. The molecule has 1 aliphatic rings. The summed E-state index contributed by atoms with van der Waals surface area (Å²) in [7, 11) is -2.95. The van der Waals surface area contributed by atoms with Crippen LogP contribution in [0.4, 0.5) is 10.1 Å². The number of hydrogen-bond donors (Lipinski definition) is 1. The summed E-state index contributed by atoms with van der Waals surface area (Å²) < 4.78 is 53.5. The molecule has 2 amide bonds. The molecule has 0 aromatic heterocycles. The molecule has 212 valence electrons. The Morgan fingerprint density at radius 3 is 2.30 bits per heavy atom. The van der Waals surface area contributed by atoms with Gasteiger partial charge in [-0.05, 0) is 61.0 Å². The number of benzene rings is 3. The van der Waals surface area contributed by atoms with Gasteiger partial charge in [0.25, 0.3) is 10.0 Å². The van der Waals surface area contributed by atoms with Gasteiger partial charge in [0.2, 0.25) is 11.8 Å². The summed E-state index contributed by atoms with van der Waals surface area (Å²) in [5.74, 6) is -1.10. The van der Waals surface area contributed by atoms with Crippen LogP contribution in [0.2, 0.25) is 10.0 Å². The minimum absolute atomic E-state index is 0.0479. The van der Waals surface area contributed by atoms with E-state index in [0.717, 1.165) is 16.4 Å². The number of hydrogen-bond acceptors (Lipinski definition) is 6. The van der Waals surface area contributed by atoms with Crippen molar-refractivity contribution >= 4 is 50.7 Å². The van der Waals surface area contributed by atoms with Crippen LogP contribution in [0.1, 0.15) is 12.5 Å². The van der Waals surface area contributed by atoms with Gasteiger partial charge in [-0.25, -0.2) is 12.8 Å². The van der Waals surface area contributed by atoms with E-state index in [1.165, 1.54) is 49.2 Å². The predicted octanol–water partition coefficient (Wildman–Crippen LogP) is 4.26. The van der Waals surface area contributed by atoms with Crippen molar-refractivity contribution in [1.29, 1.82) is 0 Å². The molecule has 0 fully saturated rings. The topological polar surface area (TPSA) is 105 Å². The van der Waals surface area contributed by atoms with E-state index in [1.54, 1.807) is 18.2 Å². The summed E-state index contributed by atoms with van der Waals surface area (Å²) in [6.07, 6.45) is 0. The van der Waals surface area contributed by atoms with Gasteiger partial charge in [-0.15, -0.1) is 0 Å². The first-order chi connectivity index (χ1) is 19.0. The van der Waals surface area contributed by atoms with E-state index in [-0.39, 0.29) is 34.5 Å². The van der Waals surface area contributed by atoms with Crippen LogP contribution in [0.3, 0.4) is 0 Å². The summed E-state index contributed by atoms with van der Waals surface area (Å²) in [5.41, 5.74) is 0.619. The van der Waals surface area contributed by atoms with E-state index >= 15 is 0 Å². The number of rotatable bonds is 9. The maximum Gasteiger partial charge on any atom is 0.264 e. The Bertz CT molecular complexity index is 1520. The summed E-state index contributed by atoms with van der Waals surface area (Å²) in [6.45, 7) is 1.34. The molecule has 0 spiro atoms. The molecule has 0 unspecified atom stereocenters. The van der Waals surface area contributed by atoms with Gasteiger partial charge >= 0.3 is 0 Å². The van der Waals surface area contributed by atoms with Crippen LogP contribution in [-0.4, -0.2) is 58.0 Å². The van der Waals surface area contributed by atoms with Crippen LogP contribution in [0, 0.1) is 5.82 Å². The lowest BCUT2D eigenvalue weighted by molar-refractivity contribution is -0.139. The molecule has 0 saturated carbocycles. The number of carbonyl (C=O) groups excluding carboxylic acids is 2. The second-order valence-electron chi connectivity index (χ2n) is 8.85. The van der Waals surface area contributed by atoms with Crippen molar-refractivity contribution in [2.45, 2.75) is 24.4 Å². The molecule has 0 saturated heterocycles. The zero-order chi connectivity index (χ0) is 29.0. The fourth-order valence-corrected chi connectivity index (χ4v) is 5.82. The SMILES string of the molecule is CNC(=O)[C@@H](C)N(Cc1ccc(Cl)c(Cl)c1)C(=O)CN(c1ccc(F)cc1)S(=O)(=O)c1ccc2c(c1)OCCO2. The average Bonchev–Trinajstić information content (AvgIpc) is 2.95. The third-order valence-corrected chi connectivity index (χ3v) is 8.75. The number of anilines is 1. The van der Waals surface area contributed by atoms with Crippen LogP contribution in [-0.2, 0) is 26.2 Å². The number of nitrogens with zero attached hydrogens (tertiary/aromatic N) is 2. The van der Waals surface area contributed by atoms with E-state index < -0.39 is 40.2 Å². The molecule has 0 aliphatic carbocycles. The molecule has 1 heterocycles. The Kier molecular flexibility index (Phi) is 9.07. The first-order valence-electron chi connectivity index (χ1n) is 12.1. The van der Waals surface area contributed by atoms with Crippen molar-refractivity contribution in [2.75, 3.05) is 31.1 Å². The summed E-state index contributed by atoms with van der Waals surface area (Å²) in [6, 6.07) is 12.6. The highest BCUT2D eigenvalue weighted by Crippen LogP contribution is 2.34. The maximum atomic E-state index is 13.9. The number of fused-ring (bicyclic) bond motifs is 1. The van der Waals surface area contributed by atoms with Gasteiger partial charge in [0.15, 0.2) is 11.5 Å². The van der Waals surface area contributed by atoms with Crippen LogP contribution in [0.15, 0.2) is 65.6 Å². The Hall–Kier alpha value is -3.54. The van der Waals surface area contributed by atoms with Crippen molar-refractivity contribution < 1.29 is 31.9 Å². The number of ether oxygens (including phenoxy) is 2. The Morgan fingerprint density at radius 2 is 1.65 bits per heavy atom. The third-order valence-electron chi connectivity index (χ3n) is 6.25. The number of sulfonamides is 1. The van der Waals surface area contributed by atoms with Gasteiger partial charge < -0.3 is 19.7 Å². The van der Waals surface area contributed by atoms with E-state index in [9.17, 15) is 22.4 Å². The molecule has 4 rings (SSSR count). The normalized spacial score (nSPS) is 13.3. The number of nitrogens with one attached hydrogen (secondary N) is 1. The minimum atomic E-state index is -4.38. The van der Waals surface area contributed by atoms with Gasteiger partial charge in [0.05, 0.1) is 20.6 Å². The lowest BCUT2D eigenvalue weighted by Gasteiger charge is -2.32. The molecule has 1 aliphatic heterocycles. The average molecular weight is 610 g/mol. The number of carbonyl (C=O) groups is 2. The van der Waals surface area contributed by atoms with Crippen LogP contribution < -0.4 is 19.1 Å². The fraction of sp³-hybridized carbons (Fsp3) is 0.259. The molecule has 3 aromatic carbocycles. The molecule has 0 bridgehead atoms. The molecule has 13 heteroatoms. The van der Waals surface area contributed by atoms with Gasteiger partial charge in [-0.3, -0.25) is 13.9 Å². The summed E-state index contributed by atoms with van der Waals surface area (Å²) in [5, 5.41) is 3.08. The quantitative estimate of drug-likeness (QED) is 0.388. The Balaban J connectivity index is 1.73. The Morgan fingerprint density at radius 1 is 0.975 bits per heavy atom. The minimum Gasteiger partial charge on any atom is -0.486 e. The van der Waals surface area contributed by atoms with Gasteiger partial charge in [-0.1, -0.05) is 29.3 Å². The molecule has 40 heavy (non-hydrogen) atoms. The highest BCUT2D eigenvalue weighted by molar-refractivity contribution is 7.92. The highest BCUT2D eigenvalue weighted by atomic mass is 35.5. The summed E-state index contributed by atoms with van der Waals surface area (Å²) >= 11 is 12.2. The standard InChI is InChI=1S/C27H26Cl2FN3O6S/c1-17(27(35)31-2)32(15-18-3-9-22(28)23(29)13-18)26(34)16-33(20-6-4-19(30)5-7-20)40(36,37)21-8-10-24-25(14-21)39-12-11-38-24/h3-10,13-14,17H,11-12,15-16H2,1-2H3,(H,31,35)/t17-/m1/s1. The molecule has 3 aromatic rings. The fourth-order valence-electron chi connectivity index (χ4n) is 4.07. The van der Waals surface area contributed by atoms with Crippen molar-refractivity contribution in [3.05, 3.63) is 82.1 Å². The van der Waals surface area contributed by atoms with Crippen molar-refractivity contribution in [3.8, 4) is 11.5 Å². The number of amides is 2. The first kappa shape index (κ1) is 29.4. The second-order valence-corrected chi connectivity index (χ2v) is 11.5. The molecule has 9 nitrogen and oxygen atoms in total. The monoisotopic (exact) mass is 609 g/mol. The second kappa shape index (κ2) is 12.3. The van der Waals surface area contributed by atoms with Crippen LogP contribution in [0.5, 0.6) is 11.5 Å². The van der Waals surface area contributed by atoms with Gasteiger partial charge in [-0.2, -0.15) is 0 Å². The van der Waals surface area contributed by atoms with E-state index in [0.29, 0.717) is 22.9 Å². The third kappa shape index (κ3) is 6.43. The highest BCUT2D eigenvalue weighted by Gasteiger charge is 2.33. The van der Waals surface area contributed by atoms with E-state index in [1.807, 2.05) is 0 Å². The van der Waals surface area contributed by atoms with Crippen molar-refractivity contribution in [3.63, 3.8) is 0 Å². The molecule has 1 N–H and O–H groups in total. The molecular formula is C27H26Cl2FN3O6S. The maximum absolute atomic E-state index is 13.9. The van der Waals surface area contributed by atoms with Crippen molar-refractivity contribution in [2.24, 2.45) is 0 Å². The number of likely N-dealkylation sites (N-methyl/N-ethyl adjacent to an activating group) is 1. The zero-order valence-electron chi connectivity index (χ0n) is 21.6. The molecule has 1 atom stereocenters. The van der Waals surface area contributed by atoms with Gasteiger partial charge in [0, 0.05) is 19.7 Å². The number of halogens is 3. The molecular weight excluding hydrogens is 584 g/mol.